The first kappa shape index (κ1) is 92.5. The van der Waals surface area contributed by atoms with Crippen LogP contribution in [0.4, 0.5) is 0 Å². The Bertz CT molecular complexity index is 3400. The zero-order valence-electron chi connectivity index (χ0n) is 64.0. The van der Waals surface area contributed by atoms with Crippen LogP contribution >= 0.6 is 0 Å². The lowest BCUT2D eigenvalue weighted by molar-refractivity contribution is -0.137. The summed E-state index contributed by atoms with van der Waals surface area (Å²) in [6.45, 7) is 20.4. The van der Waals surface area contributed by atoms with Gasteiger partial charge < -0.3 is 121 Å². The number of nitrogens with one attached hydrogen (secondary N) is 12. The molecule has 0 aliphatic heterocycles. The lowest BCUT2D eigenvalue weighted by atomic mass is 9.94. The number of nitrogens with zero attached hydrogens (tertiary/aromatic N) is 4. The van der Waals surface area contributed by atoms with Crippen LogP contribution < -0.4 is 116 Å². The highest BCUT2D eigenvalue weighted by atomic mass is 16.2. The first-order valence-corrected chi connectivity index (χ1v) is 36.4. The molecule has 0 aliphatic rings. The predicted molar refractivity (Wildman–Crippen MR) is 409 cm³/mol. The van der Waals surface area contributed by atoms with Crippen molar-refractivity contribution in [3.05, 3.63) is 36.0 Å². The van der Waals surface area contributed by atoms with Crippen LogP contribution in [0, 0.1) is 29.6 Å². The van der Waals surface area contributed by atoms with Crippen molar-refractivity contribution in [1.29, 1.82) is 0 Å². The van der Waals surface area contributed by atoms with Crippen molar-refractivity contribution in [2.45, 2.75) is 233 Å². The Morgan fingerprint density at radius 1 is 0.383 bits per heavy atom. The molecule has 107 heavy (non-hydrogen) atoms. The number of aromatic nitrogens is 1. The van der Waals surface area contributed by atoms with Crippen molar-refractivity contribution in [2.24, 2.45) is 107 Å². The highest BCUT2D eigenvalue weighted by molar-refractivity contribution is 6.00. The number of primary amides is 1. The van der Waals surface area contributed by atoms with E-state index in [1.54, 1.807) is 73.7 Å². The molecule has 600 valence electrons. The molecule has 38 nitrogen and oxygen atoms in total. The third-order valence-corrected chi connectivity index (χ3v) is 17.7. The third kappa shape index (κ3) is 33.6. The number of H-pyrrole nitrogens is 1. The molecule has 1 heterocycles. The number of hydrogen-bond acceptors (Lipinski definition) is 17. The van der Waals surface area contributed by atoms with E-state index >= 15 is 0 Å². The summed E-state index contributed by atoms with van der Waals surface area (Å²) >= 11 is 0. The summed E-state index contributed by atoms with van der Waals surface area (Å²) < 4.78 is 0. The van der Waals surface area contributed by atoms with Gasteiger partial charge in [0, 0.05) is 49.7 Å². The van der Waals surface area contributed by atoms with E-state index in [2.05, 4.69) is 83.4 Å². The van der Waals surface area contributed by atoms with E-state index in [9.17, 15) is 57.5 Å². The number of aliphatic imine (C=N–C) groups is 4. The summed E-state index contributed by atoms with van der Waals surface area (Å²) in [6.07, 6.45) is 3.41. The zero-order valence-corrected chi connectivity index (χ0v) is 64.0. The Kier molecular flexibility index (Phi) is 40.7. The molecule has 0 saturated heterocycles. The first-order valence-electron chi connectivity index (χ1n) is 36.4. The van der Waals surface area contributed by atoms with Gasteiger partial charge in [-0.05, 0) is 113 Å². The Morgan fingerprint density at radius 2 is 0.720 bits per heavy atom. The van der Waals surface area contributed by atoms with E-state index in [0.29, 0.717) is 24.8 Å². The molecule has 2 aromatic rings. The Labute approximate surface area is 626 Å². The summed E-state index contributed by atoms with van der Waals surface area (Å²) in [5.74, 6) is -12.7. The number of aromatic amines is 1. The maximum absolute atomic E-state index is 14.8. The molecule has 14 atom stereocenters. The predicted octanol–water partition coefficient (Wildman–Crippen LogP) is -4.44. The molecule has 0 radical (unpaired) electrons. The van der Waals surface area contributed by atoms with E-state index in [0.717, 1.165) is 10.9 Å². The molecule has 12 amide bonds. The molecule has 38 heteroatoms. The van der Waals surface area contributed by atoms with Crippen LogP contribution in [0.1, 0.15) is 159 Å². The van der Waals surface area contributed by atoms with E-state index in [-0.39, 0.29) is 114 Å². The van der Waals surface area contributed by atoms with Crippen LogP contribution in [-0.4, -0.2) is 198 Å². The van der Waals surface area contributed by atoms with Crippen LogP contribution in [0.3, 0.4) is 0 Å². The minimum absolute atomic E-state index is 0.0152. The van der Waals surface area contributed by atoms with Crippen molar-refractivity contribution in [3.8, 4) is 0 Å². The molecule has 1 aromatic heterocycles. The second-order valence-corrected chi connectivity index (χ2v) is 28.0. The van der Waals surface area contributed by atoms with Crippen molar-refractivity contribution in [3.63, 3.8) is 0 Å². The van der Waals surface area contributed by atoms with E-state index in [1.165, 1.54) is 13.8 Å². The van der Waals surface area contributed by atoms with Gasteiger partial charge in [0.25, 0.3) is 0 Å². The fourth-order valence-electron chi connectivity index (χ4n) is 11.0. The summed E-state index contributed by atoms with van der Waals surface area (Å²) in [6, 6.07) is -8.12. The van der Waals surface area contributed by atoms with Gasteiger partial charge in [-0.1, -0.05) is 100 Å². The first-order chi connectivity index (χ1) is 50.2. The maximum atomic E-state index is 14.8. The largest absolute Gasteiger partial charge is 0.370 e. The van der Waals surface area contributed by atoms with E-state index in [1.807, 2.05) is 26.0 Å². The molecule has 0 spiro atoms. The van der Waals surface area contributed by atoms with Crippen LogP contribution in [0.5, 0.6) is 0 Å². The van der Waals surface area contributed by atoms with Gasteiger partial charge in [-0.2, -0.15) is 0 Å². The number of fused-ring (bicyclic) bond motifs is 1. The average molecular weight is 1510 g/mol. The summed E-state index contributed by atoms with van der Waals surface area (Å²) in [5.41, 5.74) is 57.0. The number of benzene rings is 1. The number of carbonyl (C=O) groups excluding carboxylic acids is 12. The van der Waals surface area contributed by atoms with Gasteiger partial charge in [-0.25, -0.2) is 0 Å². The second kappa shape index (κ2) is 47.1. The van der Waals surface area contributed by atoms with Crippen LogP contribution in [0.2, 0.25) is 0 Å². The van der Waals surface area contributed by atoms with Crippen molar-refractivity contribution in [1.82, 2.24) is 63.5 Å². The monoisotopic (exact) mass is 1510 g/mol. The number of carbonyl (C=O) groups is 12. The van der Waals surface area contributed by atoms with Gasteiger partial charge in [0.1, 0.15) is 66.5 Å². The lowest BCUT2D eigenvalue weighted by Gasteiger charge is -2.32. The summed E-state index contributed by atoms with van der Waals surface area (Å²) in [4.78, 5) is 188. The third-order valence-electron chi connectivity index (χ3n) is 17.7. The molecular formula is C69H122N26O12. The van der Waals surface area contributed by atoms with Crippen molar-refractivity contribution in [2.75, 3.05) is 26.2 Å². The number of para-hydroxylation sites is 1. The second-order valence-electron chi connectivity index (χ2n) is 28.0. The molecular weight excluding hydrogens is 1380 g/mol. The van der Waals surface area contributed by atoms with Crippen LogP contribution in [0.15, 0.2) is 50.4 Å². The molecule has 0 saturated carbocycles. The smallest absolute Gasteiger partial charge is 0.243 e. The average Bonchev–Trinajstić information content (AvgIpc) is 1.74. The van der Waals surface area contributed by atoms with E-state index in [4.69, 9.17) is 57.3 Å². The lowest BCUT2D eigenvalue weighted by Crippen LogP contribution is -2.63. The maximum Gasteiger partial charge on any atom is 0.243 e. The Hall–Kier alpha value is -10.6. The molecule has 0 unspecified atom stereocenters. The summed E-state index contributed by atoms with van der Waals surface area (Å²) in [5, 5.41) is 30.4. The van der Waals surface area contributed by atoms with Gasteiger partial charge >= 0.3 is 0 Å². The molecule has 0 aliphatic carbocycles. The SMILES string of the molecule is CC[C@H](C)[C@H](NC(=O)[C@H](CCCN=C(N)N)NC(=O)[C@H](C)NC(=O)[C@H](CC(C)C)NC(=O)[C@@H](N)CCCN=C(N)N)C(=O)N[C@H](C(=O)N[C@H](C(=O)N[C@H](C(=O)N[C@@H](CCCN=C(N)N)C(=O)N[C@@H](Cc1c[nH]c2ccccc12)C(=O)N[C@@H](C)C(=O)N[C@@H](CCCN=C(N)N)C(N)=O)[C@@H](C)CC)C(C)C)C(C)C. The summed E-state index contributed by atoms with van der Waals surface area (Å²) in [7, 11) is 0. The van der Waals surface area contributed by atoms with Crippen molar-refractivity contribution >= 4 is 106 Å². The highest BCUT2D eigenvalue weighted by Crippen LogP contribution is 2.21. The molecule has 1 aromatic carbocycles. The minimum atomic E-state index is -1.42. The topological polar surface area (TPSA) is 663 Å². The molecule has 0 fully saturated rings. The molecule has 0 bridgehead atoms. The normalized spacial score (nSPS) is 15.1. The molecule has 2 rings (SSSR count). The van der Waals surface area contributed by atoms with Crippen LogP contribution in [0.25, 0.3) is 10.9 Å². The highest BCUT2D eigenvalue weighted by Gasteiger charge is 2.39. The van der Waals surface area contributed by atoms with Gasteiger partial charge in [0.15, 0.2) is 23.8 Å². The zero-order chi connectivity index (χ0) is 80.9. The van der Waals surface area contributed by atoms with Gasteiger partial charge in [-0.3, -0.25) is 77.5 Å². The quantitative estimate of drug-likeness (QED) is 0.0169. The standard InChI is InChI=1S/C69H122N26O12/c1-13-37(9)52(64(106)89-46(25-19-29-82-68(76)77)58(100)91-49(32-41-33-84-44-23-16-15-21-42(41)44)61(103)86-39(11)55(97)87-45(54(71)96)24-18-28-81-67(74)75)95-63(105)51(36(7)8)92-62(104)50(35(5)6)93-65(107)53(38(10)14-2)94-59(101)47(26-20-30-83-69(78)79)88-56(98)40(12)85-60(102)48(31-34(3)4)90-57(99)43(70)22-17-27-80-66(72)73/h15-16,21,23,33-40,43,45-53,84H,13-14,17-20,22,24-32,70H2,1-12H3,(H2,71,96)(H,85,102)(H,86,103)(H,87,97)(H,88,98)(H,89,106)(H,90,99)(H,91,100)(H,92,104)(H,93,107)(H,94,101)(H,95,105)(H4,72,73,80)(H4,74,75,81)(H4,76,77,82)(H4,78,79,83)/t37-,38-,39-,40-,43-,45-,46-,47-,48-,49-,50-,51-,52-,53-/m0/s1. The Morgan fingerprint density at radius 3 is 1.14 bits per heavy atom. The fraction of sp³-hybridized carbons (Fsp3) is 0.652. The van der Waals surface area contributed by atoms with Crippen molar-refractivity contribution < 1.29 is 57.5 Å². The van der Waals surface area contributed by atoms with E-state index < -0.39 is 167 Å². The van der Waals surface area contributed by atoms with Gasteiger partial charge in [-0.15, -0.1) is 0 Å². The molecule has 32 N–H and O–H groups in total. The van der Waals surface area contributed by atoms with Crippen LogP contribution in [-0.2, 0) is 64.0 Å². The number of rotatable bonds is 49. The number of amides is 12. The fourth-order valence-corrected chi connectivity index (χ4v) is 11.0. The number of hydrogen-bond donors (Lipinski definition) is 22. The van der Waals surface area contributed by atoms with Gasteiger partial charge in [0.05, 0.1) is 6.04 Å². The number of guanidine groups is 4. The van der Waals surface area contributed by atoms with Gasteiger partial charge in [0.2, 0.25) is 70.9 Å². The number of nitrogens with two attached hydrogens (primary N) is 10. The minimum Gasteiger partial charge on any atom is -0.370 e. The Balaban J connectivity index is 2.49.